The molecule has 0 aromatic heterocycles. The lowest BCUT2D eigenvalue weighted by atomic mass is 9.87. The van der Waals surface area contributed by atoms with E-state index in [9.17, 15) is 9.59 Å². The van der Waals surface area contributed by atoms with Crippen LogP contribution in [0, 0.1) is 13.8 Å². The van der Waals surface area contributed by atoms with Gasteiger partial charge in [0.1, 0.15) is 11.5 Å². The van der Waals surface area contributed by atoms with Gasteiger partial charge in [-0.15, -0.1) is 0 Å². The number of methoxy groups -OCH3 is 6. The van der Waals surface area contributed by atoms with Crippen molar-refractivity contribution in [2.24, 2.45) is 0 Å². The third-order valence-corrected chi connectivity index (χ3v) is 10.1. The number of ether oxygens (including phenoxy) is 6. The van der Waals surface area contributed by atoms with Gasteiger partial charge in [-0.1, -0.05) is 47.5 Å². The second kappa shape index (κ2) is 16.9. The molecule has 0 aliphatic rings. The van der Waals surface area contributed by atoms with Gasteiger partial charge in [0.15, 0.2) is 23.0 Å². The summed E-state index contributed by atoms with van der Waals surface area (Å²) in [4.78, 5) is 28.1. The highest BCUT2D eigenvalue weighted by molar-refractivity contribution is 6.31. The van der Waals surface area contributed by atoms with Gasteiger partial charge < -0.3 is 39.1 Å². The Bertz CT molecular complexity index is 2330. The molecule has 2 amide bonds. The summed E-state index contributed by atoms with van der Waals surface area (Å²) >= 11 is 12.4. The molecule has 12 heteroatoms. The van der Waals surface area contributed by atoms with E-state index < -0.39 is 0 Å². The van der Waals surface area contributed by atoms with Crippen LogP contribution in [0.2, 0.25) is 10.0 Å². The predicted octanol–water partition coefficient (Wildman–Crippen LogP) is 9.50. The summed E-state index contributed by atoms with van der Waals surface area (Å²) in [6.45, 7) is 4.34. The number of benzene rings is 6. The first-order valence-corrected chi connectivity index (χ1v) is 18.3. The molecule has 0 fully saturated rings. The summed E-state index contributed by atoms with van der Waals surface area (Å²) in [6, 6.07) is 22.0. The zero-order chi connectivity index (χ0) is 40.3. The fraction of sp³-hybridized carbons (Fsp3) is 0.227. The molecule has 290 valence electrons. The molecule has 0 heterocycles. The summed E-state index contributed by atoms with van der Waals surface area (Å²) in [5.74, 6) is 1.44. The van der Waals surface area contributed by atoms with Crippen LogP contribution in [0.4, 0.5) is 0 Å². The minimum Gasteiger partial charge on any atom is -0.495 e. The van der Waals surface area contributed by atoms with Crippen molar-refractivity contribution in [3.63, 3.8) is 0 Å². The molecule has 0 unspecified atom stereocenters. The van der Waals surface area contributed by atoms with Gasteiger partial charge >= 0.3 is 0 Å². The van der Waals surface area contributed by atoms with E-state index in [1.54, 1.807) is 50.6 Å². The molecule has 6 aromatic rings. The molecule has 0 aliphatic carbocycles. The summed E-state index contributed by atoms with van der Waals surface area (Å²) in [5.41, 5.74) is 5.24. The maximum Gasteiger partial charge on any atom is 0.256 e. The zero-order valence-electron chi connectivity index (χ0n) is 32.4. The molecule has 6 aromatic carbocycles. The molecule has 10 nitrogen and oxygen atoms in total. The largest absolute Gasteiger partial charge is 0.495 e. The van der Waals surface area contributed by atoms with Gasteiger partial charge in [0.2, 0.25) is 0 Å². The molecule has 0 saturated heterocycles. The van der Waals surface area contributed by atoms with Crippen molar-refractivity contribution in [3.8, 4) is 45.6 Å². The van der Waals surface area contributed by atoms with E-state index >= 15 is 0 Å². The molecule has 0 aliphatic heterocycles. The van der Waals surface area contributed by atoms with Crippen molar-refractivity contribution < 1.29 is 38.0 Å². The van der Waals surface area contributed by atoms with E-state index in [0.717, 1.165) is 33.4 Å². The number of aryl methyl sites for hydroxylation is 2. The highest BCUT2D eigenvalue weighted by atomic mass is 35.5. The third kappa shape index (κ3) is 7.42. The monoisotopic (exact) mass is 796 g/mol. The van der Waals surface area contributed by atoms with Gasteiger partial charge in [0.05, 0.1) is 53.8 Å². The van der Waals surface area contributed by atoms with Gasteiger partial charge in [0.25, 0.3) is 11.8 Å². The number of carbonyl (C=O) groups excluding carboxylic acids is 2. The molecule has 0 atom stereocenters. The Morgan fingerprint density at radius 3 is 1.20 bits per heavy atom. The van der Waals surface area contributed by atoms with Gasteiger partial charge in [-0.3, -0.25) is 9.59 Å². The Balaban J connectivity index is 1.56. The second-order valence-corrected chi connectivity index (χ2v) is 13.9. The number of nitrogens with one attached hydrogen (secondary N) is 2. The summed E-state index contributed by atoms with van der Waals surface area (Å²) in [5, 5.41) is 9.55. The predicted molar refractivity (Wildman–Crippen MR) is 221 cm³/mol. The number of hydrogen-bond acceptors (Lipinski definition) is 8. The second-order valence-electron chi connectivity index (χ2n) is 13.0. The van der Waals surface area contributed by atoms with E-state index in [-0.39, 0.29) is 47.5 Å². The Morgan fingerprint density at radius 2 is 0.875 bits per heavy atom. The van der Waals surface area contributed by atoms with E-state index in [1.807, 2.05) is 50.2 Å². The minimum atomic E-state index is -0.374. The average Bonchev–Trinajstić information content (AvgIpc) is 3.19. The number of rotatable bonds is 13. The summed E-state index contributed by atoms with van der Waals surface area (Å²) in [7, 11) is 9.17. The van der Waals surface area contributed by atoms with Crippen molar-refractivity contribution in [1.82, 2.24) is 10.6 Å². The molecular formula is C44H42Cl2N2O8. The van der Waals surface area contributed by atoms with Gasteiger partial charge in [-0.25, -0.2) is 0 Å². The van der Waals surface area contributed by atoms with Crippen molar-refractivity contribution in [1.29, 1.82) is 0 Å². The smallest absolute Gasteiger partial charge is 0.256 e. The van der Waals surface area contributed by atoms with Crippen LogP contribution in [-0.2, 0) is 13.1 Å². The third-order valence-electron chi connectivity index (χ3n) is 9.67. The van der Waals surface area contributed by atoms with Crippen molar-refractivity contribution in [3.05, 3.63) is 116 Å². The molecule has 2 N–H and O–H groups in total. The average molecular weight is 798 g/mol. The van der Waals surface area contributed by atoms with E-state index in [4.69, 9.17) is 51.6 Å². The van der Waals surface area contributed by atoms with Crippen LogP contribution in [0.15, 0.2) is 72.8 Å². The van der Waals surface area contributed by atoms with Gasteiger partial charge in [-0.2, -0.15) is 0 Å². The van der Waals surface area contributed by atoms with Crippen molar-refractivity contribution in [2.45, 2.75) is 26.9 Å². The Labute approximate surface area is 335 Å². The summed E-state index contributed by atoms with van der Waals surface area (Å²) in [6.07, 6.45) is 0. The number of amides is 2. The van der Waals surface area contributed by atoms with Crippen LogP contribution in [0.1, 0.15) is 43.0 Å². The van der Waals surface area contributed by atoms with Crippen LogP contribution < -0.4 is 39.1 Å². The highest BCUT2D eigenvalue weighted by Gasteiger charge is 2.30. The maximum atomic E-state index is 14.1. The van der Waals surface area contributed by atoms with Crippen molar-refractivity contribution in [2.75, 3.05) is 42.7 Å². The summed E-state index contributed by atoms with van der Waals surface area (Å²) < 4.78 is 35.6. The van der Waals surface area contributed by atoms with Crippen LogP contribution in [0.3, 0.4) is 0 Å². The zero-order valence-corrected chi connectivity index (χ0v) is 33.9. The quantitative estimate of drug-likeness (QED) is 0.119. The molecule has 0 radical (unpaired) electrons. The van der Waals surface area contributed by atoms with Crippen LogP contribution >= 0.6 is 23.2 Å². The van der Waals surface area contributed by atoms with Crippen LogP contribution in [0.25, 0.3) is 32.7 Å². The normalized spacial score (nSPS) is 11.0. The molecule has 0 bridgehead atoms. The standard InChI is InChI=1S/C44H42Cl2N2O8/c1-23-15-29-31(19-33(51-3)41(55-7)37(29)43(49)47-21-25-11-9-13-27(45)17-25)39(53-5)35(23)36-24(2)16-30-32(40(36)54-6)20-34(52-4)42(56-8)38(30)44(50)48-22-26-12-10-14-28(46)18-26/h9-20H,21-22H2,1-8H3,(H,47,49)(H,48,50). The number of fused-ring (bicyclic) bond motifs is 2. The topological polar surface area (TPSA) is 114 Å². The van der Waals surface area contributed by atoms with Crippen molar-refractivity contribution >= 4 is 56.6 Å². The van der Waals surface area contributed by atoms with Gasteiger partial charge in [0, 0.05) is 55.8 Å². The van der Waals surface area contributed by atoms with E-state index in [0.29, 0.717) is 54.6 Å². The Hall–Kier alpha value is -5.84. The lowest BCUT2D eigenvalue weighted by Gasteiger charge is -2.24. The maximum absolute atomic E-state index is 14.1. The van der Waals surface area contributed by atoms with Crippen LogP contribution in [-0.4, -0.2) is 54.5 Å². The molecular weight excluding hydrogens is 755 g/mol. The van der Waals surface area contributed by atoms with Gasteiger partial charge in [-0.05, 0) is 84.6 Å². The Kier molecular flexibility index (Phi) is 12.0. The number of hydrogen-bond donors (Lipinski definition) is 2. The SMILES string of the molecule is COc1cc2c(OC)c(-c3c(C)cc4c(C(=O)NCc5cccc(Cl)c5)c(OC)c(OC)cc4c3OC)c(C)cc2c(C(=O)NCc2cccc(Cl)c2)c1OC. The molecule has 0 spiro atoms. The van der Waals surface area contributed by atoms with Crippen LogP contribution in [0.5, 0.6) is 34.5 Å². The highest BCUT2D eigenvalue weighted by Crippen LogP contribution is 2.52. The number of halogens is 2. The first-order chi connectivity index (χ1) is 27.0. The number of carbonyl (C=O) groups is 2. The molecule has 0 saturated carbocycles. The lowest BCUT2D eigenvalue weighted by molar-refractivity contribution is 0.0940. The Morgan fingerprint density at radius 1 is 0.500 bits per heavy atom. The lowest BCUT2D eigenvalue weighted by Crippen LogP contribution is -2.24. The molecule has 6 rings (SSSR count). The fourth-order valence-electron chi connectivity index (χ4n) is 7.23. The minimum absolute atomic E-state index is 0.234. The fourth-order valence-corrected chi connectivity index (χ4v) is 7.66. The first kappa shape index (κ1) is 39.8. The first-order valence-electron chi connectivity index (χ1n) is 17.6. The van der Waals surface area contributed by atoms with E-state index in [1.165, 1.54) is 28.4 Å². The molecule has 56 heavy (non-hydrogen) atoms. The van der Waals surface area contributed by atoms with E-state index in [2.05, 4.69) is 10.6 Å².